The van der Waals surface area contributed by atoms with Gasteiger partial charge in [-0.2, -0.15) is 5.10 Å². The number of nitrogen functional groups attached to an aromatic ring is 1. The smallest absolute Gasteiger partial charge is 0.290 e. The second kappa shape index (κ2) is 7.97. The molecule has 7 heteroatoms. The molecule has 1 atom stereocenters. The summed E-state index contributed by atoms with van der Waals surface area (Å²) in [7, 11) is 0. The van der Waals surface area contributed by atoms with E-state index in [2.05, 4.69) is 10.4 Å². The second-order valence-electron chi connectivity index (χ2n) is 5.91. The summed E-state index contributed by atoms with van der Waals surface area (Å²) in [6.45, 7) is 2.13. The largest absolute Gasteiger partial charge is 0.394 e. The summed E-state index contributed by atoms with van der Waals surface area (Å²) in [5, 5.41) is 9.11. The van der Waals surface area contributed by atoms with E-state index in [0.717, 1.165) is 21.5 Å². The van der Waals surface area contributed by atoms with Crippen LogP contribution in [0.1, 0.15) is 18.5 Å². The molecule has 0 unspecified atom stereocenters. The fraction of sp³-hybridized carbons (Fsp3) is 0.211. The van der Waals surface area contributed by atoms with Crippen LogP contribution < -0.4 is 16.6 Å². The molecule has 0 saturated carbocycles. The molecule has 3 aromatic rings. The zero-order chi connectivity index (χ0) is 18.5. The summed E-state index contributed by atoms with van der Waals surface area (Å²) < 4.78 is 1.15. The molecule has 0 aliphatic heterocycles. The van der Waals surface area contributed by atoms with Crippen molar-refractivity contribution in [1.82, 2.24) is 15.1 Å². The SMILES string of the molecule is C[C@@H](C(=O)NCCc1ccccc1)n1nc(-c2cccs2)cc(N)c1=O. The summed E-state index contributed by atoms with van der Waals surface area (Å²) >= 11 is 1.50. The molecule has 0 aliphatic carbocycles. The lowest BCUT2D eigenvalue weighted by molar-refractivity contribution is -0.124. The van der Waals surface area contributed by atoms with Crippen molar-refractivity contribution in [2.24, 2.45) is 0 Å². The van der Waals surface area contributed by atoms with E-state index in [4.69, 9.17) is 5.73 Å². The Morgan fingerprint density at radius 3 is 2.73 bits per heavy atom. The van der Waals surface area contributed by atoms with E-state index < -0.39 is 11.6 Å². The number of nitrogens with two attached hydrogens (primary N) is 1. The highest BCUT2D eigenvalue weighted by molar-refractivity contribution is 7.13. The van der Waals surface area contributed by atoms with Crippen molar-refractivity contribution in [2.45, 2.75) is 19.4 Å². The van der Waals surface area contributed by atoms with E-state index in [1.807, 2.05) is 47.8 Å². The van der Waals surface area contributed by atoms with Crippen LogP contribution in [0.25, 0.3) is 10.6 Å². The van der Waals surface area contributed by atoms with E-state index in [9.17, 15) is 9.59 Å². The molecule has 0 bridgehead atoms. The maximum absolute atomic E-state index is 12.4. The fourth-order valence-corrected chi connectivity index (χ4v) is 3.25. The number of benzene rings is 1. The normalized spacial score (nSPS) is 11.9. The summed E-state index contributed by atoms with van der Waals surface area (Å²) in [6, 6.07) is 14.5. The minimum Gasteiger partial charge on any atom is -0.394 e. The van der Waals surface area contributed by atoms with Crippen LogP contribution in [0, 0.1) is 0 Å². The average molecular weight is 368 g/mol. The zero-order valence-electron chi connectivity index (χ0n) is 14.4. The van der Waals surface area contributed by atoms with E-state index in [0.29, 0.717) is 12.2 Å². The number of thiophene rings is 1. The highest BCUT2D eigenvalue weighted by Crippen LogP contribution is 2.23. The first kappa shape index (κ1) is 17.9. The molecule has 0 spiro atoms. The molecular weight excluding hydrogens is 348 g/mol. The highest BCUT2D eigenvalue weighted by atomic mass is 32.1. The van der Waals surface area contributed by atoms with Gasteiger partial charge in [-0.25, -0.2) is 4.68 Å². The molecule has 3 N–H and O–H groups in total. The first-order valence-corrected chi connectivity index (χ1v) is 9.19. The first-order chi connectivity index (χ1) is 12.6. The number of anilines is 1. The monoisotopic (exact) mass is 368 g/mol. The lowest BCUT2D eigenvalue weighted by atomic mass is 10.1. The predicted octanol–water partition coefficient (Wildman–Crippen LogP) is 2.47. The minimum absolute atomic E-state index is 0.0762. The standard InChI is InChI=1S/C19H20N4O2S/c1-13(18(24)21-10-9-14-6-3-2-4-7-14)23-19(25)15(20)12-16(22-23)17-8-5-11-26-17/h2-8,11-13H,9-10,20H2,1H3,(H,21,24)/t13-/m0/s1. The first-order valence-electron chi connectivity index (χ1n) is 8.31. The Hall–Kier alpha value is -2.93. The van der Waals surface area contributed by atoms with Gasteiger partial charge in [0.25, 0.3) is 5.56 Å². The number of hydrogen-bond acceptors (Lipinski definition) is 5. The van der Waals surface area contributed by atoms with Gasteiger partial charge in [-0.1, -0.05) is 36.4 Å². The van der Waals surface area contributed by atoms with Gasteiger partial charge >= 0.3 is 0 Å². The number of rotatable bonds is 6. The van der Waals surface area contributed by atoms with Crippen LogP contribution >= 0.6 is 11.3 Å². The van der Waals surface area contributed by atoms with Gasteiger partial charge in [0.05, 0.1) is 4.88 Å². The number of hydrogen-bond donors (Lipinski definition) is 2. The molecule has 6 nitrogen and oxygen atoms in total. The van der Waals surface area contributed by atoms with Crippen LogP contribution in [0.2, 0.25) is 0 Å². The molecule has 1 amide bonds. The molecule has 2 aromatic heterocycles. The van der Waals surface area contributed by atoms with Crippen LogP contribution in [0.3, 0.4) is 0 Å². The average Bonchev–Trinajstić information content (AvgIpc) is 3.19. The maximum atomic E-state index is 12.4. The van der Waals surface area contributed by atoms with Crippen molar-refractivity contribution in [3.63, 3.8) is 0 Å². The molecule has 0 aliphatic rings. The Labute approximate surface area is 155 Å². The van der Waals surface area contributed by atoms with Gasteiger partial charge in [0.1, 0.15) is 17.4 Å². The van der Waals surface area contributed by atoms with Gasteiger partial charge in [-0.05, 0) is 36.4 Å². The molecular formula is C19H20N4O2S. The number of nitrogens with one attached hydrogen (secondary N) is 1. The van der Waals surface area contributed by atoms with Crippen molar-refractivity contribution in [1.29, 1.82) is 0 Å². The predicted molar refractivity (Wildman–Crippen MR) is 104 cm³/mol. The number of carbonyl (C=O) groups excluding carboxylic acids is 1. The quantitative estimate of drug-likeness (QED) is 0.699. The van der Waals surface area contributed by atoms with E-state index in [1.54, 1.807) is 13.0 Å². The highest BCUT2D eigenvalue weighted by Gasteiger charge is 2.19. The minimum atomic E-state index is -0.750. The van der Waals surface area contributed by atoms with Crippen molar-refractivity contribution in [3.05, 3.63) is 69.8 Å². The van der Waals surface area contributed by atoms with Crippen LogP contribution in [0.15, 0.2) is 58.7 Å². The van der Waals surface area contributed by atoms with Crippen molar-refractivity contribution < 1.29 is 4.79 Å². The lowest BCUT2D eigenvalue weighted by Gasteiger charge is -2.15. The van der Waals surface area contributed by atoms with Gasteiger partial charge in [0, 0.05) is 6.54 Å². The van der Waals surface area contributed by atoms with Gasteiger partial charge < -0.3 is 11.1 Å². The van der Waals surface area contributed by atoms with E-state index in [-0.39, 0.29) is 11.6 Å². The summed E-state index contributed by atoms with van der Waals surface area (Å²) in [6.07, 6.45) is 0.721. The summed E-state index contributed by atoms with van der Waals surface area (Å²) in [5.74, 6) is -0.265. The topological polar surface area (TPSA) is 90.0 Å². The third-order valence-electron chi connectivity index (χ3n) is 4.04. The lowest BCUT2D eigenvalue weighted by Crippen LogP contribution is -2.38. The Kier molecular flexibility index (Phi) is 5.48. The van der Waals surface area contributed by atoms with Gasteiger partial charge in [-0.3, -0.25) is 9.59 Å². The van der Waals surface area contributed by atoms with Gasteiger partial charge in [0.15, 0.2) is 0 Å². The number of amides is 1. The third-order valence-corrected chi connectivity index (χ3v) is 4.93. The van der Waals surface area contributed by atoms with Crippen LogP contribution in [0.5, 0.6) is 0 Å². The van der Waals surface area contributed by atoms with Crippen molar-refractivity contribution in [3.8, 4) is 10.6 Å². The molecule has 0 saturated heterocycles. The summed E-state index contributed by atoms with van der Waals surface area (Å²) in [5.41, 5.74) is 7.18. The second-order valence-corrected chi connectivity index (χ2v) is 6.86. The van der Waals surface area contributed by atoms with E-state index in [1.165, 1.54) is 11.3 Å². The molecule has 26 heavy (non-hydrogen) atoms. The Morgan fingerprint density at radius 2 is 2.04 bits per heavy atom. The van der Waals surface area contributed by atoms with Crippen molar-refractivity contribution >= 4 is 22.9 Å². The van der Waals surface area contributed by atoms with E-state index >= 15 is 0 Å². The maximum Gasteiger partial charge on any atom is 0.290 e. The van der Waals surface area contributed by atoms with Crippen molar-refractivity contribution in [2.75, 3.05) is 12.3 Å². The number of carbonyl (C=O) groups is 1. The Bertz CT molecular complexity index is 936. The Morgan fingerprint density at radius 1 is 1.27 bits per heavy atom. The molecule has 0 fully saturated rings. The molecule has 1 aromatic carbocycles. The van der Waals surface area contributed by atoms with Gasteiger partial charge in [0.2, 0.25) is 5.91 Å². The van der Waals surface area contributed by atoms with Crippen LogP contribution in [-0.2, 0) is 11.2 Å². The number of nitrogens with zero attached hydrogens (tertiary/aromatic N) is 2. The molecule has 134 valence electrons. The number of aromatic nitrogens is 2. The zero-order valence-corrected chi connectivity index (χ0v) is 15.2. The third kappa shape index (κ3) is 4.00. The molecule has 2 heterocycles. The van der Waals surface area contributed by atoms with Gasteiger partial charge in [-0.15, -0.1) is 11.3 Å². The fourth-order valence-electron chi connectivity index (χ4n) is 2.57. The van der Waals surface area contributed by atoms with Crippen LogP contribution in [-0.4, -0.2) is 22.2 Å². The Balaban J connectivity index is 1.73. The molecule has 3 rings (SSSR count). The molecule has 0 radical (unpaired) electrons. The summed E-state index contributed by atoms with van der Waals surface area (Å²) in [4.78, 5) is 25.7. The van der Waals surface area contributed by atoms with Crippen LogP contribution in [0.4, 0.5) is 5.69 Å².